The Kier molecular flexibility index (Phi) is 4.29. The van der Waals surface area contributed by atoms with Gasteiger partial charge in [0, 0.05) is 19.4 Å². The Balaban J connectivity index is 1.50. The van der Waals surface area contributed by atoms with E-state index in [2.05, 4.69) is 20.5 Å². The number of para-hydroxylation sites is 1. The third-order valence-electron chi connectivity index (χ3n) is 3.13. The molecule has 2 heterocycles. The lowest BCUT2D eigenvalue weighted by Gasteiger charge is -2.08. The zero-order chi connectivity index (χ0) is 15.2. The van der Waals surface area contributed by atoms with Crippen LogP contribution in [0.3, 0.4) is 0 Å². The molecule has 0 unspecified atom stereocenters. The third kappa shape index (κ3) is 3.41. The Morgan fingerprint density at radius 1 is 1.09 bits per heavy atom. The fourth-order valence-corrected chi connectivity index (χ4v) is 2.02. The molecule has 1 aromatic carbocycles. The highest BCUT2D eigenvalue weighted by molar-refractivity contribution is 5.51. The molecule has 112 valence electrons. The largest absolute Gasteiger partial charge is 0.492 e. The molecule has 0 radical (unpaired) electrons. The fraction of sp³-hybridized carbons (Fsp3) is 0.188. The van der Waals surface area contributed by atoms with Gasteiger partial charge in [0.2, 0.25) is 0 Å². The van der Waals surface area contributed by atoms with Crippen molar-refractivity contribution in [2.75, 3.05) is 18.5 Å². The van der Waals surface area contributed by atoms with Crippen LogP contribution in [0.4, 0.5) is 5.82 Å². The Morgan fingerprint density at radius 2 is 1.95 bits per heavy atom. The van der Waals surface area contributed by atoms with Gasteiger partial charge in [-0.2, -0.15) is 0 Å². The number of nitrogens with one attached hydrogen (secondary N) is 1. The lowest BCUT2D eigenvalue weighted by atomic mass is 10.3. The summed E-state index contributed by atoms with van der Waals surface area (Å²) < 4.78 is 7.51. The van der Waals surface area contributed by atoms with Crippen molar-refractivity contribution >= 4 is 5.82 Å². The van der Waals surface area contributed by atoms with Gasteiger partial charge in [0.1, 0.15) is 23.9 Å². The lowest BCUT2D eigenvalue weighted by Crippen LogP contribution is -2.12. The molecule has 0 saturated heterocycles. The molecular weight excluding hydrogens is 278 g/mol. The zero-order valence-corrected chi connectivity index (χ0v) is 12.3. The van der Waals surface area contributed by atoms with E-state index >= 15 is 0 Å². The maximum Gasteiger partial charge on any atom is 0.160 e. The minimum absolute atomic E-state index is 0.562. The van der Waals surface area contributed by atoms with Crippen LogP contribution < -0.4 is 10.1 Å². The van der Waals surface area contributed by atoms with E-state index in [-0.39, 0.29) is 0 Å². The highest BCUT2D eigenvalue weighted by Gasteiger charge is 2.05. The molecule has 0 amide bonds. The van der Waals surface area contributed by atoms with Crippen LogP contribution in [0.25, 0.3) is 11.5 Å². The van der Waals surface area contributed by atoms with Gasteiger partial charge in [0.05, 0.1) is 6.54 Å². The van der Waals surface area contributed by atoms with Crippen LogP contribution in [0.5, 0.6) is 5.75 Å². The van der Waals surface area contributed by atoms with E-state index in [4.69, 9.17) is 4.74 Å². The van der Waals surface area contributed by atoms with Gasteiger partial charge in [-0.25, -0.2) is 4.98 Å². The summed E-state index contributed by atoms with van der Waals surface area (Å²) >= 11 is 0. The highest BCUT2D eigenvalue weighted by atomic mass is 16.5. The highest BCUT2D eigenvalue weighted by Crippen LogP contribution is 2.14. The van der Waals surface area contributed by atoms with Gasteiger partial charge < -0.3 is 14.6 Å². The second-order valence-corrected chi connectivity index (χ2v) is 4.75. The monoisotopic (exact) mass is 295 g/mol. The van der Waals surface area contributed by atoms with E-state index in [0.717, 1.165) is 23.1 Å². The molecule has 6 heteroatoms. The number of nitrogens with zero attached hydrogens (tertiary/aromatic N) is 4. The van der Waals surface area contributed by atoms with Crippen LogP contribution in [0.2, 0.25) is 0 Å². The maximum absolute atomic E-state index is 5.60. The molecule has 0 aliphatic rings. The van der Waals surface area contributed by atoms with Crippen molar-refractivity contribution in [2.24, 2.45) is 7.05 Å². The number of hydrogen-bond acceptors (Lipinski definition) is 5. The second-order valence-electron chi connectivity index (χ2n) is 4.75. The summed E-state index contributed by atoms with van der Waals surface area (Å²) in [6.07, 6.45) is 3.62. The van der Waals surface area contributed by atoms with E-state index in [1.54, 1.807) is 6.20 Å². The molecule has 2 aromatic heterocycles. The number of hydrogen-bond donors (Lipinski definition) is 1. The van der Waals surface area contributed by atoms with Crippen molar-refractivity contribution in [3.8, 4) is 17.3 Å². The average Bonchev–Trinajstić information content (AvgIpc) is 2.99. The first-order valence-corrected chi connectivity index (χ1v) is 7.06. The zero-order valence-electron chi connectivity index (χ0n) is 12.3. The van der Waals surface area contributed by atoms with Crippen molar-refractivity contribution in [1.82, 2.24) is 19.7 Å². The summed E-state index contributed by atoms with van der Waals surface area (Å²) in [5.41, 5.74) is 0.749. The number of benzene rings is 1. The first kappa shape index (κ1) is 14.1. The van der Waals surface area contributed by atoms with Gasteiger partial charge in [-0.1, -0.05) is 18.2 Å². The summed E-state index contributed by atoms with van der Waals surface area (Å²) in [5, 5.41) is 11.5. The lowest BCUT2D eigenvalue weighted by molar-refractivity contribution is 0.332. The number of aryl methyl sites for hydroxylation is 1. The predicted molar refractivity (Wildman–Crippen MR) is 84.7 cm³/mol. The molecule has 3 rings (SSSR count). The number of imidazole rings is 1. The minimum Gasteiger partial charge on any atom is -0.492 e. The summed E-state index contributed by atoms with van der Waals surface area (Å²) in [5.74, 6) is 2.38. The molecule has 0 bridgehead atoms. The van der Waals surface area contributed by atoms with E-state index < -0.39 is 0 Å². The molecule has 22 heavy (non-hydrogen) atoms. The van der Waals surface area contributed by atoms with Crippen LogP contribution in [0, 0.1) is 0 Å². The Hall–Kier alpha value is -2.89. The van der Waals surface area contributed by atoms with Gasteiger partial charge in [0.15, 0.2) is 5.82 Å². The molecule has 0 fully saturated rings. The van der Waals surface area contributed by atoms with E-state index in [1.165, 1.54) is 0 Å². The summed E-state index contributed by atoms with van der Waals surface area (Å²) in [6.45, 7) is 1.22. The topological polar surface area (TPSA) is 64.9 Å². The molecule has 0 aliphatic heterocycles. The van der Waals surface area contributed by atoms with Crippen LogP contribution in [0.15, 0.2) is 54.9 Å². The summed E-state index contributed by atoms with van der Waals surface area (Å²) in [7, 11) is 1.93. The Morgan fingerprint density at radius 3 is 2.64 bits per heavy atom. The molecule has 0 spiro atoms. The first-order valence-electron chi connectivity index (χ1n) is 7.06. The smallest absolute Gasteiger partial charge is 0.160 e. The van der Waals surface area contributed by atoms with Gasteiger partial charge in [0.25, 0.3) is 0 Å². The number of ether oxygens (including phenoxy) is 1. The molecule has 0 saturated carbocycles. The van der Waals surface area contributed by atoms with Crippen LogP contribution in [0.1, 0.15) is 0 Å². The molecule has 0 atom stereocenters. The van der Waals surface area contributed by atoms with Gasteiger partial charge in [-0.05, 0) is 24.3 Å². The first-order chi connectivity index (χ1) is 10.8. The van der Waals surface area contributed by atoms with Gasteiger partial charge >= 0.3 is 0 Å². The van der Waals surface area contributed by atoms with Gasteiger partial charge in [-0.15, -0.1) is 10.2 Å². The van der Waals surface area contributed by atoms with Crippen LogP contribution in [-0.4, -0.2) is 32.9 Å². The fourth-order valence-electron chi connectivity index (χ4n) is 2.02. The quantitative estimate of drug-likeness (QED) is 0.707. The minimum atomic E-state index is 0.562. The van der Waals surface area contributed by atoms with Crippen molar-refractivity contribution < 1.29 is 4.74 Å². The Bertz CT molecular complexity index is 709. The van der Waals surface area contributed by atoms with Crippen molar-refractivity contribution in [1.29, 1.82) is 0 Å². The van der Waals surface area contributed by atoms with Crippen molar-refractivity contribution in [3.63, 3.8) is 0 Å². The maximum atomic E-state index is 5.60. The number of rotatable bonds is 6. The SMILES string of the molecule is Cn1ccnc1-c1ccc(NCCOc2ccccc2)nn1. The van der Waals surface area contributed by atoms with E-state index in [1.807, 2.05) is 60.3 Å². The van der Waals surface area contributed by atoms with Crippen molar-refractivity contribution in [3.05, 3.63) is 54.9 Å². The Labute approximate surface area is 128 Å². The van der Waals surface area contributed by atoms with Crippen molar-refractivity contribution in [2.45, 2.75) is 0 Å². The predicted octanol–water partition coefficient (Wildman–Crippen LogP) is 2.37. The normalized spacial score (nSPS) is 10.4. The van der Waals surface area contributed by atoms with E-state index in [0.29, 0.717) is 13.2 Å². The molecule has 6 nitrogen and oxygen atoms in total. The number of anilines is 1. The summed E-state index contributed by atoms with van der Waals surface area (Å²) in [4.78, 5) is 4.24. The molecular formula is C16H17N5O. The van der Waals surface area contributed by atoms with Crippen LogP contribution in [-0.2, 0) is 7.05 Å². The molecule has 0 aliphatic carbocycles. The average molecular weight is 295 g/mol. The second kappa shape index (κ2) is 6.71. The molecule has 3 aromatic rings. The molecule has 1 N–H and O–H groups in total. The summed E-state index contributed by atoms with van der Waals surface area (Å²) in [6, 6.07) is 13.5. The number of aromatic nitrogens is 4. The standard InChI is InChI=1S/C16H17N5O/c1-21-11-9-18-16(21)14-7-8-15(20-19-14)17-10-12-22-13-5-3-2-4-6-13/h2-9,11H,10,12H2,1H3,(H,17,20). The van der Waals surface area contributed by atoms with E-state index in [9.17, 15) is 0 Å². The third-order valence-corrected chi connectivity index (χ3v) is 3.13. The van der Waals surface area contributed by atoms with Gasteiger partial charge in [-0.3, -0.25) is 0 Å². The van der Waals surface area contributed by atoms with Crippen LogP contribution >= 0.6 is 0 Å².